The number of nitrogens with one attached hydrogen (secondary N) is 1. The van der Waals surface area contributed by atoms with Gasteiger partial charge in [0.25, 0.3) is 5.91 Å². The molecule has 0 aliphatic rings. The molecule has 0 radical (unpaired) electrons. The smallest absolute Gasteiger partial charge is 0.251 e. The molecule has 4 aromatic carbocycles. The van der Waals surface area contributed by atoms with E-state index >= 15 is 0 Å². The molecule has 1 unspecified atom stereocenters. The quantitative estimate of drug-likeness (QED) is 0.433. The van der Waals surface area contributed by atoms with Gasteiger partial charge in [-0.15, -0.1) is 0 Å². The van der Waals surface area contributed by atoms with E-state index in [1.165, 1.54) is 0 Å². The molecule has 0 aliphatic carbocycles. The van der Waals surface area contributed by atoms with E-state index in [1.807, 2.05) is 84.9 Å². The largest absolute Gasteiger partial charge is 0.384 e. The van der Waals surface area contributed by atoms with Crippen LogP contribution in [0.3, 0.4) is 0 Å². The van der Waals surface area contributed by atoms with E-state index in [-0.39, 0.29) is 12.5 Å². The first-order chi connectivity index (χ1) is 15.0. The summed E-state index contributed by atoms with van der Waals surface area (Å²) in [4.78, 5) is 12.6. The van der Waals surface area contributed by atoms with E-state index in [0.29, 0.717) is 5.56 Å². The summed E-state index contributed by atoms with van der Waals surface area (Å²) in [6, 6.07) is 35.4. The molecule has 1 amide bonds. The Labute approximate surface area is 183 Å². The normalized spacial score (nSPS) is 12.7. The van der Waals surface area contributed by atoms with Crippen molar-refractivity contribution in [3.63, 3.8) is 0 Å². The van der Waals surface area contributed by atoms with Gasteiger partial charge in [-0.05, 0) is 46.9 Å². The Hall–Kier alpha value is -3.69. The van der Waals surface area contributed by atoms with Crippen LogP contribution in [0.5, 0.6) is 0 Å². The van der Waals surface area contributed by atoms with Crippen molar-refractivity contribution < 1.29 is 9.90 Å². The summed E-state index contributed by atoms with van der Waals surface area (Å²) in [5.41, 5.74) is 4.53. The van der Waals surface area contributed by atoms with Crippen molar-refractivity contribution in [2.24, 2.45) is 0 Å². The average molecular weight is 408 g/mol. The molecule has 0 aromatic heterocycles. The molecule has 0 fully saturated rings. The topological polar surface area (TPSA) is 49.3 Å². The van der Waals surface area contributed by atoms with Gasteiger partial charge in [0.05, 0.1) is 6.54 Å². The molecule has 0 bridgehead atoms. The molecule has 31 heavy (non-hydrogen) atoms. The molecule has 2 N–H and O–H groups in total. The molecule has 3 nitrogen and oxygen atoms in total. The first-order valence-corrected chi connectivity index (χ1v) is 10.3. The highest BCUT2D eigenvalue weighted by Crippen LogP contribution is 2.25. The number of amides is 1. The van der Waals surface area contributed by atoms with Crippen LogP contribution in [0.1, 0.15) is 22.8 Å². The van der Waals surface area contributed by atoms with Gasteiger partial charge in [-0.1, -0.05) is 97.1 Å². The lowest BCUT2D eigenvalue weighted by molar-refractivity contribution is 0.0526. The van der Waals surface area contributed by atoms with Crippen LogP contribution in [0.2, 0.25) is 0 Å². The lowest BCUT2D eigenvalue weighted by atomic mass is 9.93. The van der Waals surface area contributed by atoms with E-state index in [1.54, 1.807) is 19.1 Å². The van der Waals surface area contributed by atoms with Gasteiger partial charge in [-0.25, -0.2) is 0 Å². The number of hydrogen-bond acceptors (Lipinski definition) is 2. The van der Waals surface area contributed by atoms with Crippen LogP contribution in [-0.4, -0.2) is 17.6 Å². The maximum Gasteiger partial charge on any atom is 0.251 e. The van der Waals surface area contributed by atoms with E-state index in [9.17, 15) is 9.90 Å². The summed E-state index contributed by atoms with van der Waals surface area (Å²) >= 11 is 0. The first-order valence-electron chi connectivity index (χ1n) is 10.3. The fourth-order valence-electron chi connectivity index (χ4n) is 3.55. The Morgan fingerprint density at radius 1 is 0.677 bits per heavy atom. The van der Waals surface area contributed by atoms with Gasteiger partial charge < -0.3 is 10.4 Å². The monoisotopic (exact) mass is 407 g/mol. The molecule has 0 heterocycles. The van der Waals surface area contributed by atoms with Crippen LogP contribution in [-0.2, 0) is 5.60 Å². The van der Waals surface area contributed by atoms with Crippen molar-refractivity contribution in [2.75, 3.05) is 6.54 Å². The third kappa shape index (κ3) is 4.90. The fourth-order valence-corrected chi connectivity index (χ4v) is 3.55. The number of carbonyl (C=O) groups excluding carboxylic acids is 1. The Morgan fingerprint density at radius 2 is 1.10 bits per heavy atom. The van der Waals surface area contributed by atoms with Crippen molar-refractivity contribution >= 4 is 5.91 Å². The van der Waals surface area contributed by atoms with Gasteiger partial charge in [0.1, 0.15) is 5.60 Å². The Kier molecular flexibility index (Phi) is 5.96. The molecule has 0 spiro atoms. The van der Waals surface area contributed by atoms with Crippen molar-refractivity contribution in [2.45, 2.75) is 12.5 Å². The predicted octanol–water partition coefficient (Wildman–Crippen LogP) is 5.66. The van der Waals surface area contributed by atoms with Crippen LogP contribution in [0, 0.1) is 0 Å². The van der Waals surface area contributed by atoms with Crippen LogP contribution < -0.4 is 5.32 Å². The number of aliphatic hydroxyl groups is 1. The van der Waals surface area contributed by atoms with Crippen LogP contribution >= 0.6 is 0 Å². The minimum absolute atomic E-state index is 0.122. The number of benzene rings is 4. The summed E-state index contributed by atoms with van der Waals surface area (Å²) in [6.07, 6.45) is 0. The highest BCUT2D eigenvalue weighted by molar-refractivity contribution is 5.94. The molecule has 4 aromatic rings. The lowest BCUT2D eigenvalue weighted by Crippen LogP contribution is -2.38. The second-order valence-corrected chi connectivity index (χ2v) is 7.84. The Bertz CT molecular complexity index is 1130. The molecular weight excluding hydrogens is 382 g/mol. The molecule has 0 saturated carbocycles. The van der Waals surface area contributed by atoms with Gasteiger partial charge in [0.2, 0.25) is 0 Å². The standard InChI is InChI=1S/C28H25NO2/c1-28(31,26-18-16-24(17-19-26)22-10-6-3-7-11-22)20-29-27(30)25-14-12-23(13-15-25)21-8-4-2-5-9-21/h2-19,31H,20H2,1H3,(H,29,30). The third-order valence-electron chi connectivity index (χ3n) is 5.46. The highest BCUT2D eigenvalue weighted by Gasteiger charge is 2.24. The van der Waals surface area contributed by atoms with Crippen molar-refractivity contribution in [3.05, 3.63) is 120 Å². The third-order valence-corrected chi connectivity index (χ3v) is 5.46. The molecule has 1 atom stereocenters. The van der Waals surface area contributed by atoms with Crippen LogP contribution in [0.25, 0.3) is 22.3 Å². The number of carbonyl (C=O) groups is 1. The molecule has 0 saturated heterocycles. The first kappa shape index (κ1) is 20.6. The maximum atomic E-state index is 12.6. The van der Waals surface area contributed by atoms with Crippen LogP contribution in [0.15, 0.2) is 109 Å². The molecule has 3 heteroatoms. The summed E-state index contributed by atoms with van der Waals surface area (Å²) < 4.78 is 0. The van der Waals surface area contributed by atoms with Gasteiger partial charge in [-0.3, -0.25) is 4.79 Å². The zero-order chi connectivity index (χ0) is 21.7. The average Bonchev–Trinajstić information content (AvgIpc) is 2.84. The molecular formula is C28H25NO2. The summed E-state index contributed by atoms with van der Waals surface area (Å²) in [5, 5.41) is 13.8. The van der Waals surface area contributed by atoms with Gasteiger partial charge in [0, 0.05) is 5.56 Å². The van der Waals surface area contributed by atoms with E-state index in [0.717, 1.165) is 27.8 Å². The number of hydrogen-bond donors (Lipinski definition) is 2. The summed E-state index contributed by atoms with van der Waals surface area (Å²) in [7, 11) is 0. The summed E-state index contributed by atoms with van der Waals surface area (Å²) in [6.45, 7) is 1.83. The highest BCUT2D eigenvalue weighted by atomic mass is 16.3. The predicted molar refractivity (Wildman–Crippen MR) is 126 cm³/mol. The van der Waals surface area contributed by atoms with Crippen molar-refractivity contribution in [1.29, 1.82) is 0 Å². The van der Waals surface area contributed by atoms with Crippen molar-refractivity contribution in [3.8, 4) is 22.3 Å². The molecule has 4 rings (SSSR count). The van der Waals surface area contributed by atoms with Gasteiger partial charge in [0.15, 0.2) is 0 Å². The van der Waals surface area contributed by atoms with Crippen molar-refractivity contribution in [1.82, 2.24) is 5.32 Å². The van der Waals surface area contributed by atoms with E-state index in [2.05, 4.69) is 17.4 Å². The zero-order valence-corrected chi connectivity index (χ0v) is 17.5. The second-order valence-electron chi connectivity index (χ2n) is 7.84. The Balaban J connectivity index is 1.40. The van der Waals surface area contributed by atoms with E-state index in [4.69, 9.17) is 0 Å². The summed E-state index contributed by atoms with van der Waals surface area (Å²) in [5.74, 6) is -0.208. The second kappa shape index (κ2) is 8.99. The zero-order valence-electron chi connectivity index (χ0n) is 17.5. The fraction of sp³-hybridized carbons (Fsp3) is 0.107. The molecule has 154 valence electrons. The van der Waals surface area contributed by atoms with Gasteiger partial charge in [-0.2, -0.15) is 0 Å². The Morgan fingerprint density at radius 3 is 1.58 bits per heavy atom. The minimum atomic E-state index is -1.17. The minimum Gasteiger partial charge on any atom is -0.384 e. The van der Waals surface area contributed by atoms with Gasteiger partial charge >= 0.3 is 0 Å². The SMILES string of the molecule is CC(O)(CNC(=O)c1ccc(-c2ccccc2)cc1)c1ccc(-c2ccccc2)cc1. The van der Waals surface area contributed by atoms with Crippen LogP contribution in [0.4, 0.5) is 0 Å². The van der Waals surface area contributed by atoms with E-state index < -0.39 is 5.60 Å². The maximum absolute atomic E-state index is 12.6. The molecule has 0 aliphatic heterocycles. The number of rotatable bonds is 6. The lowest BCUT2D eigenvalue weighted by Gasteiger charge is -2.24.